The number of carbonyl (C=O) groups is 2. The zero-order valence-corrected chi connectivity index (χ0v) is 36.0. The third-order valence-corrected chi connectivity index (χ3v) is 8.31. The zero-order chi connectivity index (χ0) is 43.0. The highest BCUT2D eigenvalue weighted by molar-refractivity contribution is 5.66. The summed E-state index contributed by atoms with van der Waals surface area (Å²) in [6.07, 6.45) is 13.7. The topological polar surface area (TPSA) is 158 Å². The highest BCUT2D eigenvalue weighted by atomic mass is 16.5. The van der Waals surface area contributed by atoms with E-state index in [4.69, 9.17) is 28.9 Å². The van der Waals surface area contributed by atoms with E-state index in [0.29, 0.717) is 87.7 Å². The van der Waals surface area contributed by atoms with Crippen LogP contribution in [0.3, 0.4) is 0 Å². The predicted molar refractivity (Wildman–Crippen MR) is 237 cm³/mol. The van der Waals surface area contributed by atoms with E-state index in [9.17, 15) is 9.59 Å². The lowest BCUT2D eigenvalue weighted by Crippen LogP contribution is -2.33. The molecule has 0 aliphatic rings. The number of aryl methyl sites for hydroxylation is 1. The number of hydrogen-bond acceptors (Lipinski definition) is 15. The highest BCUT2D eigenvalue weighted by Gasteiger charge is 2.19. The van der Waals surface area contributed by atoms with Crippen LogP contribution in [0.2, 0.25) is 0 Å². The van der Waals surface area contributed by atoms with E-state index in [0.717, 1.165) is 62.9 Å². The molecular weight excluding hydrogens is 763 g/mol. The van der Waals surface area contributed by atoms with Crippen molar-refractivity contribution in [1.29, 1.82) is 0 Å². The molecule has 324 valence electrons. The maximum absolute atomic E-state index is 10.8. The van der Waals surface area contributed by atoms with Crippen LogP contribution in [-0.2, 0) is 28.5 Å². The van der Waals surface area contributed by atoms with Gasteiger partial charge in [-0.1, -0.05) is 113 Å². The Kier molecular flexibility index (Phi) is 24.9. The average Bonchev–Trinajstić information content (AvgIpc) is 3.28. The molecule has 0 bridgehead atoms. The van der Waals surface area contributed by atoms with E-state index in [1.807, 2.05) is 96.1 Å². The highest BCUT2D eigenvalue weighted by Crippen LogP contribution is 2.22. The third-order valence-electron chi connectivity index (χ3n) is 8.31. The van der Waals surface area contributed by atoms with Gasteiger partial charge in [-0.2, -0.15) is 24.9 Å². The van der Waals surface area contributed by atoms with Crippen molar-refractivity contribution >= 4 is 30.4 Å². The Morgan fingerprint density at radius 3 is 1.30 bits per heavy atom. The Hall–Kier alpha value is -5.48. The lowest BCUT2D eigenvalue weighted by atomic mass is 10.2. The van der Waals surface area contributed by atoms with E-state index in [1.54, 1.807) is 12.2 Å². The van der Waals surface area contributed by atoms with Gasteiger partial charge in [0.05, 0.1) is 0 Å². The number of carbonyl (C=O) groups excluding carboxylic acids is 2. The summed E-state index contributed by atoms with van der Waals surface area (Å²) in [7, 11) is 0. The van der Waals surface area contributed by atoms with Gasteiger partial charge in [0.2, 0.25) is 17.8 Å². The van der Waals surface area contributed by atoms with Gasteiger partial charge in [0.25, 0.3) is 0 Å². The van der Waals surface area contributed by atoms with Gasteiger partial charge in [-0.05, 0) is 44.8 Å². The number of nitrogens with zero attached hydrogens (tertiary/aromatic N) is 9. The van der Waals surface area contributed by atoms with Crippen molar-refractivity contribution in [3.05, 3.63) is 90.8 Å². The molecule has 15 heteroatoms. The largest absolute Gasteiger partial charge is 0.361 e. The quantitative estimate of drug-likeness (QED) is 0.0228. The summed E-state index contributed by atoms with van der Waals surface area (Å²) in [6.45, 7) is 15.0. The first kappa shape index (κ1) is 48.9. The second-order valence-electron chi connectivity index (χ2n) is 13.5. The van der Waals surface area contributed by atoms with Crippen molar-refractivity contribution in [3.8, 4) is 22.8 Å². The number of anilines is 3. The standard InChI is InChI=1S/C25H33N5O4.C20H30N4O2/c1-3-18-33-20-30(21-34-19-4-2)25-27-23(22-12-6-5-7-13-22)26-24(28-25)29(14-8-10-16-31)15-9-11-17-32;1-4-6-13-25-15-24(16-26-14-7-5-2)20-22-17(3)21-19(23-20)18-11-9-8-10-12-18/h5-13,16-17H,3-4,14-15,18-21H2,1-2H3;8-12H,4-7,13-16H2,1-3H3/b10-8+,11-9+;. The normalized spacial score (nSPS) is 11.1. The molecular formula is C45H63N9O6. The number of unbranched alkanes of at least 4 members (excludes halogenated alkanes) is 2. The molecule has 0 aliphatic heterocycles. The minimum absolute atomic E-state index is 0.269. The van der Waals surface area contributed by atoms with Crippen LogP contribution in [0.4, 0.5) is 17.8 Å². The Labute approximate surface area is 355 Å². The van der Waals surface area contributed by atoms with Crippen molar-refractivity contribution in [3.63, 3.8) is 0 Å². The Morgan fingerprint density at radius 1 is 0.483 bits per heavy atom. The van der Waals surface area contributed by atoms with Gasteiger partial charge in [-0.3, -0.25) is 19.4 Å². The molecule has 2 heterocycles. The van der Waals surface area contributed by atoms with E-state index in [-0.39, 0.29) is 13.5 Å². The molecule has 60 heavy (non-hydrogen) atoms. The van der Waals surface area contributed by atoms with E-state index in [1.165, 1.54) is 12.2 Å². The molecule has 0 atom stereocenters. The van der Waals surface area contributed by atoms with Crippen molar-refractivity contribution in [2.24, 2.45) is 0 Å². The van der Waals surface area contributed by atoms with Gasteiger partial charge in [-0.25, -0.2) is 4.98 Å². The summed E-state index contributed by atoms with van der Waals surface area (Å²) in [5.41, 5.74) is 1.81. The molecule has 15 nitrogen and oxygen atoms in total. The van der Waals surface area contributed by atoms with Gasteiger partial charge in [0.15, 0.2) is 11.6 Å². The number of ether oxygens (including phenoxy) is 4. The zero-order valence-electron chi connectivity index (χ0n) is 36.0. The first-order valence-electron chi connectivity index (χ1n) is 20.8. The Bertz CT molecular complexity index is 1780. The van der Waals surface area contributed by atoms with E-state index < -0.39 is 0 Å². The van der Waals surface area contributed by atoms with Crippen LogP contribution in [0.15, 0.2) is 85.0 Å². The molecule has 0 aliphatic carbocycles. The van der Waals surface area contributed by atoms with Gasteiger partial charge in [0, 0.05) is 50.6 Å². The third kappa shape index (κ3) is 18.6. The summed E-state index contributed by atoms with van der Waals surface area (Å²) < 4.78 is 23.1. The molecule has 0 saturated heterocycles. The summed E-state index contributed by atoms with van der Waals surface area (Å²) in [6, 6.07) is 19.6. The summed E-state index contributed by atoms with van der Waals surface area (Å²) in [5, 5.41) is 0. The van der Waals surface area contributed by atoms with Crippen LogP contribution in [0.5, 0.6) is 0 Å². The lowest BCUT2D eigenvalue weighted by molar-refractivity contribution is -0.104. The molecule has 4 aromatic rings. The molecule has 0 fully saturated rings. The predicted octanol–water partition coefficient (Wildman–Crippen LogP) is 7.63. The molecule has 2 aromatic heterocycles. The minimum Gasteiger partial charge on any atom is -0.361 e. The average molecular weight is 826 g/mol. The number of aromatic nitrogens is 6. The van der Waals surface area contributed by atoms with Crippen LogP contribution in [-0.4, -0.2) is 109 Å². The van der Waals surface area contributed by atoms with Crippen molar-refractivity contribution in [2.75, 3.05) is 81.1 Å². The van der Waals surface area contributed by atoms with Crippen LogP contribution < -0.4 is 14.7 Å². The van der Waals surface area contributed by atoms with Gasteiger partial charge in [0.1, 0.15) is 45.3 Å². The van der Waals surface area contributed by atoms with Crippen LogP contribution in [0, 0.1) is 6.92 Å². The summed E-state index contributed by atoms with van der Waals surface area (Å²) >= 11 is 0. The van der Waals surface area contributed by atoms with Crippen LogP contribution >= 0.6 is 0 Å². The monoisotopic (exact) mass is 825 g/mol. The summed E-state index contributed by atoms with van der Waals surface area (Å²) in [4.78, 5) is 54.9. The fourth-order valence-corrected chi connectivity index (χ4v) is 5.19. The number of hydrogen-bond donors (Lipinski definition) is 0. The smallest absolute Gasteiger partial charge is 0.234 e. The first-order chi connectivity index (χ1) is 29.5. The maximum atomic E-state index is 10.8. The van der Waals surface area contributed by atoms with Crippen molar-refractivity contribution in [1.82, 2.24) is 29.9 Å². The number of allylic oxidation sites excluding steroid dienone is 2. The second-order valence-corrected chi connectivity index (χ2v) is 13.5. The van der Waals surface area contributed by atoms with Crippen molar-refractivity contribution in [2.45, 2.75) is 73.1 Å². The molecule has 0 radical (unpaired) electrons. The van der Waals surface area contributed by atoms with Gasteiger partial charge >= 0.3 is 0 Å². The number of rotatable bonds is 29. The van der Waals surface area contributed by atoms with E-state index >= 15 is 0 Å². The molecule has 0 spiro atoms. The van der Waals surface area contributed by atoms with Gasteiger partial charge < -0.3 is 23.8 Å². The SMILES string of the molecule is CCCCOCN(COCCCC)c1nc(C)nc(-c2ccccc2)n1.CCCOCN(COCCC)c1nc(-c2ccccc2)nc(N(C/C=C/C=O)C/C=C/C=O)n1. The lowest BCUT2D eigenvalue weighted by Gasteiger charge is -2.25. The Morgan fingerprint density at radius 2 is 0.883 bits per heavy atom. The molecule has 0 amide bonds. The van der Waals surface area contributed by atoms with Gasteiger partial charge in [-0.15, -0.1) is 0 Å². The molecule has 0 unspecified atom stereocenters. The first-order valence-corrected chi connectivity index (χ1v) is 20.8. The van der Waals surface area contributed by atoms with Crippen LogP contribution in [0.25, 0.3) is 22.8 Å². The molecule has 0 saturated carbocycles. The number of aldehydes is 2. The van der Waals surface area contributed by atoms with Crippen molar-refractivity contribution < 1.29 is 28.5 Å². The molecule has 4 rings (SSSR count). The molecule has 0 N–H and O–H groups in total. The molecule has 2 aromatic carbocycles. The summed E-state index contributed by atoms with van der Waals surface area (Å²) in [5.74, 6) is 3.26. The minimum atomic E-state index is 0.269. The van der Waals surface area contributed by atoms with Crippen LogP contribution in [0.1, 0.15) is 72.0 Å². The Balaban J connectivity index is 0.000000332. The van der Waals surface area contributed by atoms with E-state index in [2.05, 4.69) is 33.8 Å². The second kappa shape index (κ2) is 30.5. The maximum Gasteiger partial charge on any atom is 0.234 e. The fourth-order valence-electron chi connectivity index (χ4n) is 5.19. The fraction of sp³-hybridized carbons (Fsp3) is 0.467. The number of benzene rings is 2.